The van der Waals surface area contributed by atoms with Gasteiger partial charge >= 0.3 is 12.0 Å². The minimum Gasteiger partial charge on any atom is -0.493 e. The van der Waals surface area contributed by atoms with E-state index in [1.54, 1.807) is 38.3 Å². The molecule has 0 fully saturated rings. The van der Waals surface area contributed by atoms with Crippen molar-refractivity contribution in [2.24, 2.45) is 5.10 Å². The van der Waals surface area contributed by atoms with Gasteiger partial charge in [0.2, 0.25) is 0 Å². The topological polar surface area (TPSA) is 149 Å². The Morgan fingerprint density at radius 2 is 1.80 bits per heavy atom. The van der Waals surface area contributed by atoms with E-state index >= 15 is 0 Å². The number of rotatable bonds is 14. The SMILES string of the molecule is CCOc1cc([C@H]2NC(=O)NC(C)=C2C(=O)OC)ccc1OC[C@@H](O)N/N=C\c1cc(Br)c(OCc2ccc(Br)cc2)c(OC)c1. The predicted molar refractivity (Wildman–Crippen MR) is 178 cm³/mol. The monoisotopic (exact) mass is 760 g/mol. The Morgan fingerprint density at radius 3 is 2.50 bits per heavy atom. The number of carbonyl (C=O) groups excluding carboxylic acids is 2. The van der Waals surface area contributed by atoms with E-state index in [9.17, 15) is 14.7 Å². The average Bonchev–Trinajstić information content (AvgIpc) is 3.03. The minimum absolute atomic E-state index is 0.164. The van der Waals surface area contributed by atoms with Gasteiger partial charge in [-0.15, -0.1) is 0 Å². The second kappa shape index (κ2) is 16.3. The molecule has 2 atom stereocenters. The van der Waals surface area contributed by atoms with Crippen molar-refractivity contribution >= 4 is 50.1 Å². The first-order chi connectivity index (χ1) is 22.1. The van der Waals surface area contributed by atoms with Crippen LogP contribution >= 0.6 is 31.9 Å². The second-order valence-corrected chi connectivity index (χ2v) is 11.6. The number of hydrogen-bond donors (Lipinski definition) is 4. The Hall–Kier alpha value is -4.27. The predicted octanol–water partition coefficient (Wildman–Crippen LogP) is 5.32. The number of carbonyl (C=O) groups is 2. The first-order valence-corrected chi connectivity index (χ1v) is 15.7. The smallest absolute Gasteiger partial charge is 0.337 e. The number of hydrazone groups is 1. The van der Waals surface area contributed by atoms with Crippen LogP contribution in [0.1, 0.15) is 36.6 Å². The number of urea groups is 1. The van der Waals surface area contributed by atoms with Crippen molar-refractivity contribution < 1.29 is 38.4 Å². The largest absolute Gasteiger partial charge is 0.493 e. The fourth-order valence-corrected chi connectivity index (χ4v) is 5.35. The summed E-state index contributed by atoms with van der Waals surface area (Å²) in [5.41, 5.74) is 5.56. The van der Waals surface area contributed by atoms with Crippen LogP contribution in [0.2, 0.25) is 0 Å². The van der Waals surface area contributed by atoms with Gasteiger partial charge in [0.25, 0.3) is 0 Å². The summed E-state index contributed by atoms with van der Waals surface area (Å²) in [4.78, 5) is 24.6. The van der Waals surface area contributed by atoms with Gasteiger partial charge in [-0.2, -0.15) is 5.10 Å². The molecule has 0 spiro atoms. The van der Waals surface area contributed by atoms with Crippen molar-refractivity contribution in [3.63, 3.8) is 0 Å². The van der Waals surface area contributed by atoms with Crippen LogP contribution < -0.4 is 35.0 Å². The van der Waals surface area contributed by atoms with E-state index in [0.717, 1.165) is 10.0 Å². The molecule has 0 aromatic heterocycles. The van der Waals surface area contributed by atoms with Gasteiger partial charge in [-0.05, 0) is 82.9 Å². The lowest BCUT2D eigenvalue weighted by atomic mass is 9.95. The normalized spacial score (nSPS) is 15.1. The number of allylic oxidation sites excluding steroid dienone is 1. The van der Waals surface area contributed by atoms with E-state index in [1.807, 2.05) is 37.3 Å². The molecule has 0 saturated heterocycles. The Morgan fingerprint density at radius 1 is 1.04 bits per heavy atom. The van der Waals surface area contributed by atoms with Crippen LogP contribution in [0.5, 0.6) is 23.0 Å². The maximum Gasteiger partial charge on any atom is 0.337 e. The zero-order valence-electron chi connectivity index (χ0n) is 25.6. The number of amides is 2. The number of methoxy groups -OCH3 is 2. The maximum absolute atomic E-state index is 12.5. The van der Waals surface area contributed by atoms with Crippen LogP contribution in [0.25, 0.3) is 0 Å². The maximum atomic E-state index is 12.5. The van der Waals surface area contributed by atoms with E-state index in [0.29, 0.717) is 57.5 Å². The molecule has 0 saturated carbocycles. The van der Waals surface area contributed by atoms with Gasteiger partial charge in [0.05, 0.1) is 43.1 Å². The molecule has 244 valence electrons. The zero-order chi connectivity index (χ0) is 33.2. The van der Waals surface area contributed by atoms with Crippen LogP contribution in [-0.4, -0.2) is 57.0 Å². The molecule has 0 radical (unpaired) electrons. The van der Waals surface area contributed by atoms with Crippen LogP contribution in [0.3, 0.4) is 0 Å². The lowest BCUT2D eigenvalue weighted by molar-refractivity contribution is -0.136. The Bertz CT molecular complexity index is 1610. The molecule has 3 aromatic carbocycles. The van der Waals surface area contributed by atoms with Gasteiger partial charge in [-0.25, -0.2) is 9.59 Å². The van der Waals surface area contributed by atoms with Crippen molar-refractivity contribution in [2.45, 2.75) is 32.7 Å². The average molecular weight is 762 g/mol. The molecule has 1 aliphatic rings. The molecule has 2 amide bonds. The molecule has 3 aromatic rings. The van der Waals surface area contributed by atoms with E-state index in [2.05, 4.69) is 53.0 Å². The van der Waals surface area contributed by atoms with Crippen molar-refractivity contribution in [3.8, 4) is 23.0 Å². The highest BCUT2D eigenvalue weighted by molar-refractivity contribution is 9.10. The summed E-state index contributed by atoms with van der Waals surface area (Å²) in [6, 6.07) is 15.2. The third-order valence-electron chi connectivity index (χ3n) is 6.66. The van der Waals surface area contributed by atoms with E-state index in [-0.39, 0.29) is 12.2 Å². The van der Waals surface area contributed by atoms with Gasteiger partial charge in [0.15, 0.2) is 29.2 Å². The molecular weight excluding hydrogens is 728 g/mol. The minimum atomic E-state index is -1.16. The van der Waals surface area contributed by atoms with Gasteiger partial charge in [0.1, 0.15) is 13.2 Å². The molecule has 4 N–H and O–H groups in total. The molecule has 12 nitrogen and oxygen atoms in total. The quantitative estimate of drug-likeness (QED) is 0.0742. The number of ether oxygens (including phenoxy) is 5. The zero-order valence-corrected chi connectivity index (χ0v) is 28.7. The molecule has 1 heterocycles. The summed E-state index contributed by atoms with van der Waals surface area (Å²) in [6.07, 6.45) is 0.362. The van der Waals surface area contributed by atoms with Crippen LogP contribution in [-0.2, 0) is 16.1 Å². The summed E-state index contributed by atoms with van der Waals surface area (Å²) in [5, 5.41) is 19.9. The highest BCUT2D eigenvalue weighted by Crippen LogP contribution is 2.37. The summed E-state index contributed by atoms with van der Waals surface area (Å²) in [6.45, 7) is 3.96. The lowest BCUT2D eigenvalue weighted by Gasteiger charge is -2.28. The van der Waals surface area contributed by atoms with Crippen LogP contribution in [0.15, 0.2) is 79.9 Å². The standard InChI is InChI=1S/C32H34Br2N4O8/c1-5-44-25-14-21(29-28(31(40)43-4)18(2)36-32(41)37-29)8-11-24(25)45-17-27(39)38-35-15-20-12-23(34)30(26(13-20)42-3)46-16-19-6-9-22(33)10-7-19/h6-15,27,29,38-39H,5,16-17H2,1-4H3,(H2,36,37,41)/b35-15-/t27-,29-/m1/s1. The number of aliphatic hydroxyl groups is 1. The number of nitrogens with zero attached hydrogens (tertiary/aromatic N) is 1. The fraction of sp³-hybridized carbons (Fsp3) is 0.281. The lowest BCUT2D eigenvalue weighted by Crippen LogP contribution is -2.45. The number of esters is 1. The highest BCUT2D eigenvalue weighted by Gasteiger charge is 2.32. The Kier molecular flexibility index (Phi) is 12.3. The van der Waals surface area contributed by atoms with Crippen LogP contribution in [0.4, 0.5) is 4.79 Å². The fourth-order valence-electron chi connectivity index (χ4n) is 4.51. The van der Waals surface area contributed by atoms with Gasteiger partial charge in [-0.1, -0.05) is 34.1 Å². The number of hydrogen-bond acceptors (Lipinski definition) is 10. The first-order valence-electron chi connectivity index (χ1n) is 14.1. The van der Waals surface area contributed by atoms with Crippen molar-refractivity contribution in [1.82, 2.24) is 16.1 Å². The van der Waals surface area contributed by atoms with E-state index < -0.39 is 24.3 Å². The first kappa shape index (κ1) is 34.6. The molecule has 4 rings (SSSR count). The van der Waals surface area contributed by atoms with Crippen LogP contribution in [0, 0.1) is 0 Å². The van der Waals surface area contributed by atoms with Crippen molar-refractivity contribution in [1.29, 1.82) is 0 Å². The van der Waals surface area contributed by atoms with Crippen molar-refractivity contribution in [3.05, 3.63) is 91.5 Å². The number of benzene rings is 3. The molecule has 14 heteroatoms. The Labute approximate surface area is 283 Å². The molecule has 0 unspecified atom stereocenters. The highest BCUT2D eigenvalue weighted by atomic mass is 79.9. The van der Waals surface area contributed by atoms with E-state index in [1.165, 1.54) is 13.3 Å². The summed E-state index contributed by atoms with van der Waals surface area (Å²) in [5.74, 6) is 1.20. The number of halogens is 2. The van der Waals surface area contributed by atoms with Gasteiger partial charge < -0.3 is 39.4 Å². The Balaban J connectivity index is 1.38. The second-order valence-electron chi connectivity index (χ2n) is 9.86. The number of aliphatic hydroxyl groups excluding tert-OH is 1. The number of nitrogens with one attached hydrogen (secondary N) is 3. The molecular formula is C32H34Br2N4O8. The third-order valence-corrected chi connectivity index (χ3v) is 7.78. The third kappa shape index (κ3) is 8.92. The van der Waals surface area contributed by atoms with Gasteiger partial charge in [0, 0.05) is 10.2 Å². The molecule has 0 bridgehead atoms. The van der Waals surface area contributed by atoms with E-state index in [4.69, 9.17) is 23.7 Å². The molecule has 0 aliphatic carbocycles. The summed E-state index contributed by atoms with van der Waals surface area (Å²) in [7, 11) is 2.83. The summed E-state index contributed by atoms with van der Waals surface area (Å²) < 4.78 is 29.7. The van der Waals surface area contributed by atoms with Crippen molar-refractivity contribution in [2.75, 3.05) is 27.4 Å². The molecule has 46 heavy (non-hydrogen) atoms. The molecule has 1 aliphatic heterocycles. The summed E-state index contributed by atoms with van der Waals surface area (Å²) >= 11 is 6.97. The van der Waals surface area contributed by atoms with Gasteiger partial charge in [-0.3, -0.25) is 5.43 Å².